The van der Waals surface area contributed by atoms with Crippen LogP contribution in [0, 0.1) is 5.92 Å². The van der Waals surface area contributed by atoms with Gasteiger partial charge in [0.25, 0.3) is 0 Å². The first-order valence-electron chi connectivity index (χ1n) is 4.93. The SMILES string of the molecule is OCC1CNC(c2ccccc2O)C1. The minimum atomic E-state index is 0.188. The molecule has 3 N–H and O–H groups in total. The molecule has 0 saturated carbocycles. The van der Waals surface area contributed by atoms with Crippen LogP contribution >= 0.6 is 0 Å². The minimum Gasteiger partial charge on any atom is -0.508 e. The van der Waals surface area contributed by atoms with Crippen molar-refractivity contribution < 1.29 is 10.2 Å². The molecule has 3 nitrogen and oxygen atoms in total. The summed E-state index contributed by atoms with van der Waals surface area (Å²) in [4.78, 5) is 0. The Morgan fingerprint density at radius 1 is 1.36 bits per heavy atom. The van der Waals surface area contributed by atoms with Crippen molar-refractivity contribution in [2.24, 2.45) is 5.92 Å². The van der Waals surface area contributed by atoms with Crippen molar-refractivity contribution in [2.45, 2.75) is 12.5 Å². The van der Waals surface area contributed by atoms with Crippen molar-refractivity contribution in [3.05, 3.63) is 29.8 Å². The number of aliphatic hydroxyl groups is 1. The summed E-state index contributed by atoms with van der Waals surface area (Å²) in [5, 5.41) is 21.9. The first kappa shape index (κ1) is 9.49. The maximum Gasteiger partial charge on any atom is 0.120 e. The van der Waals surface area contributed by atoms with E-state index in [2.05, 4.69) is 5.32 Å². The van der Waals surface area contributed by atoms with Crippen LogP contribution in [0.25, 0.3) is 0 Å². The van der Waals surface area contributed by atoms with Crippen LogP contribution in [0.2, 0.25) is 0 Å². The number of phenols is 1. The van der Waals surface area contributed by atoms with Crippen LogP contribution in [0.15, 0.2) is 24.3 Å². The van der Waals surface area contributed by atoms with Gasteiger partial charge < -0.3 is 15.5 Å². The average Bonchev–Trinajstić information content (AvgIpc) is 2.67. The van der Waals surface area contributed by atoms with E-state index in [1.165, 1.54) is 0 Å². The number of para-hydroxylation sites is 1. The Balaban J connectivity index is 2.13. The molecule has 1 aromatic carbocycles. The molecule has 14 heavy (non-hydrogen) atoms. The Morgan fingerprint density at radius 2 is 2.14 bits per heavy atom. The predicted octanol–water partition coefficient (Wildman–Crippen LogP) is 1.04. The van der Waals surface area contributed by atoms with Crippen LogP contribution in [0.3, 0.4) is 0 Å². The quantitative estimate of drug-likeness (QED) is 0.657. The van der Waals surface area contributed by atoms with E-state index < -0.39 is 0 Å². The fourth-order valence-corrected chi connectivity index (χ4v) is 1.97. The molecule has 76 valence electrons. The molecule has 2 unspecified atom stereocenters. The van der Waals surface area contributed by atoms with Crippen LogP contribution in [0.1, 0.15) is 18.0 Å². The molecule has 0 radical (unpaired) electrons. The van der Waals surface area contributed by atoms with Gasteiger partial charge in [-0.15, -0.1) is 0 Å². The summed E-state index contributed by atoms with van der Waals surface area (Å²) in [7, 11) is 0. The fourth-order valence-electron chi connectivity index (χ4n) is 1.97. The molecule has 2 rings (SSSR count). The second kappa shape index (κ2) is 3.98. The van der Waals surface area contributed by atoms with Crippen molar-refractivity contribution in [1.82, 2.24) is 5.32 Å². The van der Waals surface area contributed by atoms with Crippen molar-refractivity contribution in [1.29, 1.82) is 0 Å². The van der Waals surface area contributed by atoms with E-state index in [-0.39, 0.29) is 12.6 Å². The topological polar surface area (TPSA) is 52.5 Å². The fraction of sp³-hybridized carbons (Fsp3) is 0.455. The smallest absolute Gasteiger partial charge is 0.120 e. The zero-order chi connectivity index (χ0) is 9.97. The minimum absolute atomic E-state index is 0.188. The molecular weight excluding hydrogens is 178 g/mol. The zero-order valence-electron chi connectivity index (χ0n) is 7.98. The van der Waals surface area contributed by atoms with Gasteiger partial charge in [-0.2, -0.15) is 0 Å². The summed E-state index contributed by atoms with van der Waals surface area (Å²) in [6.07, 6.45) is 0.897. The zero-order valence-corrected chi connectivity index (χ0v) is 7.98. The van der Waals surface area contributed by atoms with Gasteiger partial charge in [0, 0.05) is 24.8 Å². The molecule has 1 aliphatic rings. The molecule has 0 aliphatic carbocycles. The van der Waals surface area contributed by atoms with E-state index >= 15 is 0 Å². The van der Waals surface area contributed by atoms with Gasteiger partial charge in [0.15, 0.2) is 0 Å². The average molecular weight is 193 g/mol. The van der Waals surface area contributed by atoms with Gasteiger partial charge in [0.1, 0.15) is 5.75 Å². The third-order valence-electron chi connectivity index (χ3n) is 2.79. The highest BCUT2D eigenvalue weighted by Gasteiger charge is 2.25. The van der Waals surface area contributed by atoms with Gasteiger partial charge in [-0.05, 0) is 18.4 Å². The second-order valence-electron chi connectivity index (χ2n) is 3.80. The molecule has 1 aromatic rings. The Hall–Kier alpha value is -1.06. The van der Waals surface area contributed by atoms with Crippen LogP contribution in [0.5, 0.6) is 5.75 Å². The summed E-state index contributed by atoms with van der Waals surface area (Å²) in [6, 6.07) is 7.55. The Bertz CT molecular complexity index is 314. The molecule has 1 aliphatic heterocycles. The lowest BCUT2D eigenvalue weighted by atomic mass is 10.00. The number of nitrogens with one attached hydrogen (secondary N) is 1. The lowest BCUT2D eigenvalue weighted by Crippen LogP contribution is -2.14. The van der Waals surface area contributed by atoms with Crippen molar-refractivity contribution in [3.8, 4) is 5.75 Å². The first-order valence-corrected chi connectivity index (χ1v) is 4.93. The van der Waals surface area contributed by atoms with Gasteiger partial charge in [0.05, 0.1) is 0 Å². The Morgan fingerprint density at radius 3 is 2.79 bits per heavy atom. The molecule has 3 heteroatoms. The van der Waals surface area contributed by atoms with Crippen LogP contribution in [-0.4, -0.2) is 23.4 Å². The van der Waals surface area contributed by atoms with Crippen LogP contribution in [0.4, 0.5) is 0 Å². The number of hydrogen-bond donors (Lipinski definition) is 3. The number of aromatic hydroxyl groups is 1. The molecule has 2 atom stereocenters. The molecule has 1 fully saturated rings. The number of benzene rings is 1. The lowest BCUT2D eigenvalue weighted by Gasteiger charge is -2.12. The molecule has 0 aromatic heterocycles. The van der Waals surface area contributed by atoms with Gasteiger partial charge in [0.2, 0.25) is 0 Å². The highest BCUT2D eigenvalue weighted by atomic mass is 16.3. The van der Waals surface area contributed by atoms with E-state index in [1.807, 2.05) is 18.2 Å². The second-order valence-corrected chi connectivity index (χ2v) is 3.80. The van der Waals surface area contributed by atoms with Crippen molar-refractivity contribution >= 4 is 0 Å². The summed E-state index contributed by atoms with van der Waals surface area (Å²) in [6.45, 7) is 1.05. The standard InChI is InChI=1S/C11H15NO2/c13-7-8-5-10(12-6-8)9-3-1-2-4-11(9)14/h1-4,8,10,12-14H,5-7H2. The van der Waals surface area contributed by atoms with E-state index in [1.54, 1.807) is 6.07 Å². The molecule has 1 heterocycles. The Labute approximate surface area is 83.4 Å². The van der Waals surface area contributed by atoms with Gasteiger partial charge >= 0.3 is 0 Å². The Kier molecular flexibility index (Phi) is 2.70. The summed E-state index contributed by atoms with van der Waals surface area (Å²) >= 11 is 0. The van der Waals surface area contributed by atoms with Gasteiger partial charge in [-0.25, -0.2) is 0 Å². The molecule has 0 bridgehead atoms. The lowest BCUT2D eigenvalue weighted by molar-refractivity contribution is 0.235. The first-order chi connectivity index (χ1) is 6.81. The number of hydrogen-bond acceptors (Lipinski definition) is 3. The highest BCUT2D eigenvalue weighted by molar-refractivity contribution is 5.35. The monoisotopic (exact) mass is 193 g/mol. The van der Waals surface area contributed by atoms with Gasteiger partial charge in [-0.1, -0.05) is 18.2 Å². The van der Waals surface area contributed by atoms with Crippen LogP contribution < -0.4 is 5.32 Å². The molecule has 0 spiro atoms. The number of rotatable bonds is 2. The third-order valence-corrected chi connectivity index (χ3v) is 2.79. The van der Waals surface area contributed by atoms with E-state index in [0.717, 1.165) is 18.5 Å². The van der Waals surface area contributed by atoms with Crippen molar-refractivity contribution in [2.75, 3.05) is 13.2 Å². The van der Waals surface area contributed by atoms with Crippen molar-refractivity contribution in [3.63, 3.8) is 0 Å². The summed E-state index contributed by atoms with van der Waals surface area (Å²) in [5.74, 6) is 0.656. The third kappa shape index (κ3) is 1.74. The van der Waals surface area contributed by atoms with E-state index in [4.69, 9.17) is 5.11 Å². The predicted molar refractivity (Wildman–Crippen MR) is 54.0 cm³/mol. The highest BCUT2D eigenvalue weighted by Crippen LogP contribution is 2.31. The maximum atomic E-state index is 9.63. The van der Waals surface area contributed by atoms with Crippen LogP contribution in [-0.2, 0) is 0 Å². The maximum absolute atomic E-state index is 9.63. The number of phenolic OH excluding ortho intramolecular Hbond substituents is 1. The molecule has 0 amide bonds. The largest absolute Gasteiger partial charge is 0.508 e. The van der Waals surface area contributed by atoms with Gasteiger partial charge in [-0.3, -0.25) is 0 Å². The normalized spacial score (nSPS) is 26.6. The molecular formula is C11H15NO2. The summed E-state index contributed by atoms with van der Waals surface area (Å²) < 4.78 is 0. The van der Waals surface area contributed by atoms with E-state index in [0.29, 0.717) is 11.7 Å². The molecule has 1 saturated heterocycles. The number of aliphatic hydroxyl groups excluding tert-OH is 1. The van der Waals surface area contributed by atoms with E-state index in [9.17, 15) is 5.11 Å². The summed E-state index contributed by atoms with van der Waals surface area (Å²) in [5.41, 5.74) is 0.934.